The molecule has 0 atom stereocenters. The van der Waals surface area contributed by atoms with Gasteiger partial charge >= 0.3 is 5.97 Å². The number of carbonyl (C=O) groups is 1. The maximum Gasteiger partial charge on any atom is 0.375 e. The zero-order valence-electron chi connectivity index (χ0n) is 11.6. The number of hydrogen-bond acceptors (Lipinski definition) is 5. The second-order valence-electron chi connectivity index (χ2n) is 4.89. The summed E-state index contributed by atoms with van der Waals surface area (Å²) in [5.41, 5.74) is 2.20. The van der Waals surface area contributed by atoms with Gasteiger partial charge in [-0.3, -0.25) is 9.97 Å². The summed E-state index contributed by atoms with van der Waals surface area (Å²) >= 11 is 0. The number of carboxylic acid groups (broad SMARTS) is 1. The number of hydrogen-bond donors (Lipinski definition) is 1. The third-order valence-corrected chi connectivity index (χ3v) is 3.04. The quantitative estimate of drug-likeness (QED) is 0.790. The topological polar surface area (TPSA) is 93.8 Å². The number of carboxylic acids is 1. The number of benzene rings is 1. The number of nitrogens with zero attached hydrogens (tertiary/aromatic N) is 5. The van der Waals surface area contributed by atoms with Crippen molar-refractivity contribution < 1.29 is 9.90 Å². The van der Waals surface area contributed by atoms with E-state index in [-0.39, 0.29) is 11.7 Å². The second kappa shape index (κ2) is 4.93. The van der Waals surface area contributed by atoms with Crippen LogP contribution in [0.2, 0.25) is 0 Å². The Bertz CT molecular complexity index is 825. The summed E-state index contributed by atoms with van der Waals surface area (Å²) in [6.07, 6.45) is 3.24. The zero-order valence-corrected chi connectivity index (χ0v) is 11.6. The molecule has 0 amide bonds. The smallest absolute Gasteiger partial charge is 0.375 e. The van der Waals surface area contributed by atoms with Crippen LogP contribution in [0.25, 0.3) is 16.7 Å². The minimum absolute atomic E-state index is 0.0446. The van der Waals surface area contributed by atoms with Crippen LogP contribution in [0.5, 0.6) is 0 Å². The Hall–Kier alpha value is -2.83. The van der Waals surface area contributed by atoms with Crippen molar-refractivity contribution in [2.45, 2.75) is 19.8 Å². The van der Waals surface area contributed by atoms with Crippen molar-refractivity contribution in [1.82, 2.24) is 24.7 Å². The van der Waals surface area contributed by atoms with Gasteiger partial charge in [-0.2, -0.15) is 0 Å². The largest absolute Gasteiger partial charge is 0.475 e. The standard InChI is InChI=1S/C14H13N5O2/c1-8(2)13-17-12(14(20)21)18-19(13)9-3-4-10-11(7-9)16-6-5-15-10/h3-8H,1-2H3,(H,20,21). The fourth-order valence-electron chi connectivity index (χ4n) is 2.06. The van der Waals surface area contributed by atoms with Crippen LogP contribution in [0.4, 0.5) is 0 Å². The van der Waals surface area contributed by atoms with E-state index in [0.717, 1.165) is 11.0 Å². The third-order valence-electron chi connectivity index (χ3n) is 3.04. The molecule has 3 aromatic rings. The molecule has 2 heterocycles. The first-order chi connectivity index (χ1) is 10.1. The van der Waals surface area contributed by atoms with Gasteiger partial charge in [0.05, 0.1) is 16.7 Å². The van der Waals surface area contributed by atoms with Gasteiger partial charge in [-0.05, 0) is 18.2 Å². The van der Waals surface area contributed by atoms with Crippen molar-refractivity contribution in [2.75, 3.05) is 0 Å². The number of rotatable bonds is 3. The van der Waals surface area contributed by atoms with Gasteiger partial charge in [0.1, 0.15) is 5.82 Å². The summed E-state index contributed by atoms with van der Waals surface area (Å²) in [6.45, 7) is 3.87. The van der Waals surface area contributed by atoms with Crippen LogP contribution in [-0.2, 0) is 0 Å². The fraction of sp³-hybridized carbons (Fsp3) is 0.214. The third kappa shape index (κ3) is 2.33. The van der Waals surface area contributed by atoms with E-state index in [9.17, 15) is 4.79 Å². The molecule has 0 bridgehead atoms. The molecule has 0 spiro atoms. The molecule has 7 heteroatoms. The summed E-state index contributed by atoms with van der Waals surface area (Å²) in [7, 11) is 0. The van der Waals surface area contributed by atoms with Crippen molar-refractivity contribution in [3.63, 3.8) is 0 Å². The van der Waals surface area contributed by atoms with Crippen LogP contribution in [0.1, 0.15) is 36.2 Å². The molecular weight excluding hydrogens is 270 g/mol. The Morgan fingerprint density at radius 2 is 1.90 bits per heavy atom. The van der Waals surface area contributed by atoms with Gasteiger partial charge in [-0.25, -0.2) is 14.5 Å². The molecule has 0 aliphatic rings. The highest BCUT2D eigenvalue weighted by Gasteiger charge is 2.18. The Kier molecular flexibility index (Phi) is 3.09. The average Bonchev–Trinajstić information content (AvgIpc) is 2.92. The first-order valence-electron chi connectivity index (χ1n) is 6.47. The monoisotopic (exact) mass is 283 g/mol. The minimum Gasteiger partial charge on any atom is -0.475 e. The molecule has 0 saturated carbocycles. The molecule has 0 unspecified atom stereocenters. The summed E-state index contributed by atoms with van der Waals surface area (Å²) in [5, 5.41) is 13.1. The summed E-state index contributed by atoms with van der Waals surface area (Å²) in [4.78, 5) is 23.6. The van der Waals surface area contributed by atoms with Crippen molar-refractivity contribution in [3.05, 3.63) is 42.2 Å². The first-order valence-corrected chi connectivity index (χ1v) is 6.47. The van der Waals surface area contributed by atoms with Crippen LogP contribution in [0, 0.1) is 0 Å². The van der Waals surface area contributed by atoms with Crippen LogP contribution < -0.4 is 0 Å². The zero-order chi connectivity index (χ0) is 15.0. The average molecular weight is 283 g/mol. The predicted molar refractivity (Wildman–Crippen MR) is 75.5 cm³/mol. The van der Waals surface area contributed by atoms with Gasteiger partial charge in [0, 0.05) is 18.3 Å². The van der Waals surface area contributed by atoms with Gasteiger partial charge in [0.25, 0.3) is 5.82 Å². The molecule has 0 saturated heterocycles. The molecule has 106 valence electrons. The SMILES string of the molecule is CC(C)c1nc(C(=O)O)nn1-c1ccc2nccnc2c1. The van der Waals surface area contributed by atoms with Crippen molar-refractivity contribution in [3.8, 4) is 5.69 Å². The summed E-state index contributed by atoms with van der Waals surface area (Å²) < 4.78 is 1.54. The maximum atomic E-state index is 11.1. The first kappa shape index (κ1) is 13.2. The Balaban J connectivity index is 2.19. The number of fused-ring (bicyclic) bond motifs is 1. The summed E-state index contributed by atoms with van der Waals surface area (Å²) in [6, 6.07) is 5.46. The van der Waals surface area contributed by atoms with E-state index in [1.54, 1.807) is 17.1 Å². The molecule has 1 N–H and O–H groups in total. The highest BCUT2D eigenvalue weighted by molar-refractivity contribution is 5.83. The lowest BCUT2D eigenvalue weighted by Gasteiger charge is -2.08. The number of aromatic nitrogens is 5. The van der Waals surface area contributed by atoms with E-state index >= 15 is 0 Å². The van der Waals surface area contributed by atoms with Gasteiger partial charge in [0.2, 0.25) is 0 Å². The van der Waals surface area contributed by atoms with Gasteiger partial charge in [-0.15, -0.1) is 5.10 Å². The van der Waals surface area contributed by atoms with E-state index in [1.165, 1.54) is 0 Å². The lowest BCUT2D eigenvalue weighted by Crippen LogP contribution is -2.05. The molecule has 0 aliphatic carbocycles. The second-order valence-corrected chi connectivity index (χ2v) is 4.89. The van der Waals surface area contributed by atoms with Gasteiger partial charge in [-0.1, -0.05) is 13.8 Å². The Morgan fingerprint density at radius 3 is 2.57 bits per heavy atom. The highest BCUT2D eigenvalue weighted by Crippen LogP contribution is 2.20. The Morgan fingerprint density at radius 1 is 1.19 bits per heavy atom. The van der Waals surface area contributed by atoms with Crippen LogP contribution in [-0.4, -0.2) is 35.8 Å². The molecule has 2 aromatic heterocycles. The summed E-state index contributed by atoms with van der Waals surface area (Å²) in [5.74, 6) is -0.715. The lowest BCUT2D eigenvalue weighted by molar-refractivity contribution is 0.0683. The van der Waals surface area contributed by atoms with Crippen LogP contribution >= 0.6 is 0 Å². The molecule has 0 fully saturated rings. The fourth-order valence-corrected chi connectivity index (χ4v) is 2.06. The van der Waals surface area contributed by atoms with E-state index in [4.69, 9.17) is 5.11 Å². The van der Waals surface area contributed by atoms with Crippen molar-refractivity contribution in [1.29, 1.82) is 0 Å². The van der Waals surface area contributed by atoms with E-state index in [1.807, 2.05) is 32.0 Å². The molecular formula is C14H13N5O2. The van der Waals surface area contributed by atoms with E-state index < -0.39 is 5.97 Å². The van der Waals surface area contributed by atoms with E-state index in [2.05, 4.69) is 20.1 Å². The van der Waals surface area contributed by atoms with Crippen LogP contribution in [0.3, 0.4) is 0 Å². The molecule has 7 nitrogen and oxygen atoms in total. The van der Waals surface area contributed by atoms with Crippen molar-refractivity contribution >= 4 is 17.0 Å². The Labute approximate surface area is 120 Å². The molecule has 21 heavy (non-hydrogen) atoms. The number of aromatic carboxylic acids is 1. The highest BCUT2D eigenvalue weighted by atomic mass is 16.4. The maximum absolute atomic E-state index is 11.1. The van der Waals surface area contributed by atoms with Crippen LogP contribution in [0.15, 0.2) is 30.6 Å². The molecule has 3 rings (SSSR count). The lowest BCUT2D eigenvalue weighted by atomic mass is 10.2. The van der Waals surface area contributed by atoms with Gasteiger partial charge < -0.3 is 5.11 Å². The van der Waals surface area contributed by atoms with Crippen molar-refractivity contribution in [2.24, 2.45) is 0 Å². The van der Waals surface area contributed by atoms with E-state index in [0.29, 0.717) is 11.5 Å². The van der Waals surface area contributed by atoms with Gasteiger partial charge in [0.15, 0.2) is 0 Å². The minimum atomic E-state index is -1.14. The molecule has 0 radical (unpaired) electrons. The molecule has 1 aromatic carbocycles. The normalized spacial score (nSPS) is 11.2. The predicted octanol–water partition coefficient (Wildman–Crippen LogP) is 2.03. The molecule has 0 aliphatic heterocycles.